The van der Waals surface area contributed by atoms with E-state index in [1.165, 1.54) is 6.20 Å². The van der Waals surface area contributed by atoms with Crippen molar-refractivity contribution in [1.29, 1.82) is 0 Å². The summed E-state index contributed by atoms with van der Waals surface area (Å²) in [6.07, 6.45) is 3.22. The quantitative estimate of drug-likeness (QED) is 0.505. The molecule has 2 aromatic rings. The van der Waals surface area contributed by atoms with E-state index in [0.717, 1.165) is 10.9 Å². The van der Waals surface area contributed by atoms with Gasteiger partial charge in [-0.1, -0.05) is 24.3 Å². The van der Waals surface area contributed by atoms with E-state index in [4.69, 9.17) is 0 Å². The van der Waals surface area contributed by atoms with Crippen LogP contribution in [0, 0.1) is 0 Å². The number of nitrogens with one attached hydrogen (secondary N) is 1. The maximum atomic E-state index is 12.2. The number of hydrogen-bond acceptors (Lipinski definition) is 4. The number of rotatable bonds is 6. The molecule has 0 aliphatic heterocycles. The molecule has 0 amide bonds. The highest BCUT2D eigenvalue weighted by Gasteiger charge is 2.17. The molecule has 0 saturated carbocycles. The second-order valence-electron chi connectivity index (χ2n) is 4.56. The fraction of sp³-hybridized carbons (Fsp3) is 0.188. The third-order valence-corrected chi connectivity index (χ3v) is 3.06. The highest BCUT2D eigenvalue weighted by molar-refractivity contribution is 6.40. The van der Waals surface area contributed by atoms with Gasteiger partial charge in [-0.15, -0.1) is 0 Å². The van der Waals surface area contributed by atoms with Gasteiger partial charge in [-0.05, 0) is 19.7 Å². The molecular weight excluding hydrogens is 280 g/mol. The highest BCUT2D eigenvalue weighted by atomic mass is 16.1. The first-order chi connectivity index (χ1) is 10.7. The first kappa shape index (κ1) is 15.5. The lowest BCUT2D eigenvalue weighted by Gasteiger charge is -1.99. The van der Waals surface area contributed by atoms with Crippen molar-refractivity contribution >= 4 is 35.0 Å². The number of amidine groups is 1. The molecule has 1 N–H and O–H groups in total. The number of benzene rings is 1. The molecule has 2 rings (SSSR count). The van der Waals surface area contributed by atoms with Gasteiger partial charge in [0, 0.05) is 24.4 Å². The Labute approximate surface area is 127 Å². The Bertz CT molecular complexity index is 771. The normalized spacial score (nSPS) is 12.0. The maximum Gasteiger partial charge on any atom is 0.200 e. The van der Waals surface area contributed by atoms with Crippen LogP contribution in [0.15, 0.2) is 46.5 Å². The Morgan fingerprint density at radius 1 is 1.32 bits per heavy atom. The van der Waals surface area contributed by atoms with Gasteiger partial charge in [-0.2, -0.15) is 5.10 Å². The molecule has 1 heterocycles. The summed E-state index contributed by atoms with van der Waals surface area (Å²) >= 11 is 0. The second kappa shape index (κ2) is 7.21. The average Bonchev–Trinajstić information content (AvgIpc) is 2.97. The molecule has 0 atom stereocenters. The Morgan fingerprint density at radius 3 is 2.82 bits per heavy atom. The van der Waals surface area contributed by atoms with Crippen molar-refractivity contribution in [3.8, 4) is 0 Å². The fourth-order valence-corrected chi connectivity index (χ4v) is 1.98. The number of aromatic amines is 1. The first-order valence-electron chi connectivity index (χ1n) is 6.82. The van der Waals surface area contributed by atoms with Crippen LogP contribution in [0.3, 0.4) is 0 Å². The molecule has 1 aromatic carbocycles. The zero-order chi connectivity index (χ0) is 15.9. The smallest absolute Gasteiger partial charge is 0.200 e. The first-order valence-corrected chi connectivity index (χ1v) is 6.82. The number of allylic oxidation sites excluding steroid dienone is 1. The molecule has 6 nitrogen and oxygen atoms in total. The summed E-state index contributed by atoms with van der Waals surface area (Å²) in [7, 11) is 0. The highest BCUT2D eigenvalue weighted by Crippen LogP contribution is 2.17. The average molecular weight is 296 g/mol. The van der Waals surface area contributed by atoms with Crippen LogP contribution in [-0.4, -0.2) is 34.3 Å². The number of H-pyrrole nitrogens is 1. The van der Waals surface area contributed by atoms with Crippen LogP contribution in [0.4, 0.5) is 0 Å². The molecule has 0 fully saturated rings. The second-order valence-corrected chi connectivity index (χ2v) is 4.56. The van der Waals surface area contributed by atoms with Gasteiger partial charge >= 0.3 is 0 Å². The van der Waals surface area contributed by atoms with Gasteiger partial charge < -0.3 is 0 Å². The van der Waals surface area contributed by atoms with E-state index < -0.39 is 0 Å². The number of aromatic nitrogens is 2. The molecule has 0 spiro atoms. The standard InChI is InChI=1S/C16H16N4O2/c1-3-10-18-16(17-2)14(22)9-8-13(21)15-11-6-4-5-7-12(11)19-20-15/h3-7,10H,2,8-9H2,1H3,(H,19,20)/b10-3-,18-16-. The third-order valence-electron chi connectivity index (χ3n) is 3.06. The summed E-state index contributed by atoms with van der Waals surface area (Å²) in [5.74, 6) is -0.501. The number of para-hydroxylation sites is 1. The lowest BCUT2D eigenvalue weighted by Crippen LogP contribution is -2.13. The number of Topliss-reactive ketones (excluding diaryl/α,β-unsaturated/α-hetero) is 2. The molecular formula is C16H16N4O2. The molecule has 0 aliphatic rings. The maximum absolute atomic E-state index is 12.2. The summed E-state index contributed by atoms with van der Waals surface area (Å²) in [4.78, 5) is 31.6. The predicted octanol–water partition coefficient (Wildman–Crippen LogP) is 2.73. The van der Waals surface area contributed by atoms with Gasteiger partial charge in [0.1, 0.15) is 5.69 Å². The lowest BCUT2D eigenvalue weighted by molar-refractivity contribution is -0.113. The molecule has 22 heavy (non-hydrogen) atoms. The number of hydrogen-bond donors (Lipinski definition) is 1. The van der Waals surface area contributed by atoms with Crippen molar-refractivity contribution < 1.29 is 9.59 Å². The van der Waals surface area contributed by atoms with Crippen LogP contribution < -0.4 is 0 Å². The number of aliphatic imine (C=N–C) groups is 2. The van der Waals surface area contributed by atoms with Crippen molar-refractivity contribution in [3.05, 3.63) is 42.2 Å². The SMILES string of the molecule is C=N/C(=N\C=C/C)C(=O)CCC(=O)c1n[nH]c2ccccc12. The predicted molar refractivity (Wildman–Crippen MR) is 86.5 cm³/mol. The van der Waals surface area contributed by atoms with Crippen LogP contribution >= 0.6 is 0 Å². The fourth-order valence-electron chi connectivity index (χ4n) is 1.98. The van der Waals surface area contributed by atoms with Crippen LogP contribution in [0.25, 0.3) is 10.9 Å². The number of carbonyl (C=O) groups excluding carboxylic acids is 2. The molecule has 0 saturated heterocycles. The topological polar surface area (TPSA) is 87.5 Å². The minimum atomic E-state index is -0.318. The molecule has 6 heteroatoms. The van der Waals surface area contributed by atoms with E-state index in [1.54, 1.807) is 13.0 Å². The van der Waals surface area contributed by atoms with Crippen molar-refractivity contribution in [2.24, 2.45) is 9.98 Å². The summed E-state index contributed by atoms with van der Waals surface area (Å²) in [6, 6.07) is 7.35. The van der Waals surface area contributed by atoms with Crippen LogP contribution in [0.2, 0.25) is 0 Å². The van der Waals surface area contributed by atoms with Crippen molar-refractivity contribution in [1.82, 2.24) is 10.2 Å². The van der Waals surface area contributed by atoms with Crippen molar-refractivity contribution in [2.75, 3.05) is 0 Å². The molecule has 1 aromatic heterocycles. The Hall–Kier alpha value is -2.89. The number of ketones is 2. The summed E-state index contributed by atoms with van der Waals surface area (Å²) in [5, 5.41) is 7.58. The van der Waals surface area contributed by atoms with Crippen molar-refractivity contribution in [3.63, 3.8) is 0 Å². The molecule has 0 unspecified atom stereocenters. The number of fused-ring (bicyclic) bond motifs is 1. The van der Waals surface area contributed by atoms with Gasteiger partial charge in [0.15, 0.2) is 17.4 Å². The van der Waals surface area contributed by atoms with Crippen LogP contribution in [0.5, 0.6) is 0 Å². The third kappa shape index (κ3) is 3.41. The van der Waals surface area contributed by atoms with E-state index in [2.05, 4.69) is 26.9 Å². The number of nitrogens with zero attached hydrogens (tertiary/aromatic N) is 3. The van der Waals surface area contributed by atoms with Crippen molar-refractivity contribution in [2.45, 2.75) is 19.8 Å². The minimum absolute atomic E-state index is 0.0118. The molecule has 0 aliphatic carbocycles. The summed E-state index contributed by atoms with van der Waals surface area (Å²) in [5.41, 5.74) is 1.14. The Balaban J connectivity index is 2.07. The van der Waals surface area contributed by atoms with E-state index in [9.17, 15) is 9.59 Å². The van der Waals surface area contributed by atoms with Gasteiger partial charge in [0.2, 0.25) is 0 Å². The van der Waals surface area contributed by atoms with Gasteiger partial charge in [-0.3, -0.25) is 14.7 Å². The number of carbonyl (C=O) groups is 2. The van der Waals surface area contributed by atoms with Crippen LogP contribution in [0.1, 0.15) is 30.3 Å². The largest absolute Gasteiger partial charge is 0.292 e. The van der Waals surface area contributed by atoms with Gasteiger partial charge in [0.05, 0.1) is 5.52 Å². The lowest BCUT2D eigenvalue weighted by atomic mass is 10.1. The zero-order valence-electron chi connectivity index (χ0n) is 12.2. The van der Waals surface area contributed by atoms with E-state index in [0.29, 0.717) is 5.69 Å². The van der Waals surface area contributed by atoms with Gasteiger partial charge in [0.25, 0.3) is 0 Å². The molecule has 112 valence electrons. The van der Waals surface area contributed by atoms with Crippen LogP contribution in [-0.2, 0) is 4.79 Å². The Morgan fingerprint density at radius 2 is 2.09 bits per heavy atom. The monoisotopic (exact) mass is 296 g/mol. The summed E-state index contributed by atoms with van der Waals surface area (Å²) < 4.78 is 0. The Kier molecular flexibility index (Phi) is 5.08. The van der Waals surface area contributed by atoms with E-state index in [-0.39, 0.29) is 30.2 Å². The molecule has 0 radical (unpaired) electrons. The minimum Gasteiger partial charge on any atom is -0.292 e. The van der Waals surface area contributed by atoms with Gasteiger partial charge in [-0.25, -0.2) is 9.98 Å². The van der Waals surface area contributed by atoms with E-state index in [1.807, 2.05) is 24.3 Å². The summed E-state index contributed by atoms with van der Waals surface area (Å²) in [6.45, 7) is 5.09. The van der Waals surface area contributed by atoms with E-state index >= 15 is 0 Å². The zero-order valence-corrected chi connectivity index (χ0v) is 12.2. The molecule has 0 bridgehead atoms.